The van der Waals surface area contributed by atoms with Gasteiger partial charge in [0.05, 0.1) is 6.54 Å². The maximum atomic E-state index is 4.59. The minimum Gasteiger partial charge on any atom is -0.373 e. The standard InChI is InChI=1S/C15H25N5/c1-11-7-14(16-3)18-15(17-11)10-20-9-13-5-4-6-19(13)8-12(20)2/h7,12-13H,4-6,8-10H2,1-3H3,(H,16,17,18). The highest BCUT2D eigenvalue weighted by Crippen LogP contribution is 2.25. The molecule has 2 aliphatic heterocycles. The van der Waals surface area contributed by atoms with Crippen molar-refractivity contribution < 1.29 is 0 Å². The molecule has 3 rings (SSSR count). The molecule has 0 spiro atoms. The summed E-state index contributed by atoms with van der Waals surface area (Å²) in [5.41, 5.74) is 1.03. The third-order valence-corrected chi connectivity index (χ3v) is 4.57. The number of piperazine rings is 1. The van der Waals surface area contributed by atoms with Gasteiger partial charge in [-0.25, -0.2) is 9.97 Å². The first-order valence-electron chi connectivity index (χ1n) is 7.66. The average molecular weight is 275 g/mol. The van der Waals surface area contributed by atoms with Crippen LogP contribution in [0.2, 0.25) is 0 Å². The number of aryl methyl sites for hydroxylation is 1. The van der Waals surface area contributed by atoms with Gasteiger partial charge in [-0.3, -0.25) is 9.80 Å². The van der Waals surface area contributed by atoms with Crippen LogP contribution in [0.1, 0.15) is 31.3 Å². The van der Waals surface area contributed by atoms with Crippen molar-refractivity contribution in [2.45, 2.75) is 45.3 Å². The van der Waals surface area contributed by atoms with Gasteiger partial charge in [-0.15, -0.1) is 0 Å². The van der Waals surface area contributed by atoms with Crippen molar-refractivity contribution in [1.82, 2.24) is 19.8 Å². The van der Waals surface area contributed by atoms with E-state index in [0.29, 0.717) is 6.04 Å². The lowest BCUT2D eigenvalue weighted by atomic mass is 10.1. The van der Waals surface area contributed by atoms with Crippen molar-refractivity contribution in [2.75, 3.05) is 32.0 Å². The Morgan fingerprint density at radius 2 is 2.20 bits per heavy atom. The summed E-state index contributed by atoms with van der Waals surface area (Å²) in [5, 5.41) is 3.12. The molecule has 110 valence electrons. The molecular weight excluding hydrogens is 250 g/mol. The predicted molar refractivity (Wildman–Crippen MR) is 80.8 cm³/mol. The van der Waals surface area contributed by atoms with Gasteiger partial charge in [-0.05, 0) is 33.2 Å². The summed E-state index contributed by atoms with van der Waals surface area (Å²) in [7, 11) is 1.91. The third kappa shape index (κ3) is 2.79. The fraction of sp³-hybridized carbons (Fsp3) is 0.733. The molecule has 2 atom stereocenters. The van der Waals surface area contributed by atoms with E-state index in [4.69, 9.17) is 0 Å². The van der Waals surface area contributed by atoms with Crippen molar-refractivity contribution in [3.8, 4) is 0 Å². The summed E-state index contributed by atoms with van der Waals surface area (Å²) in [6.07, 6.45) is 2.70. The van der Waals surface area contributed by atoms with Gasteiger partial charge < -0.3 is 5.32 Å². The molecule has 0 aliphatic carbocycles. The first-order valence-corrected chi connectivity index (χ1v) is 7.66. The molecule has 20 heavy (non-hydrogen) atoms. The first-order chi connectivity index (χ1) is 9.65. The Morgan fingerprint density at radius 1 is 1.35 bits per heavy atom. The smallest absolute Gasteiger partial charge is 0.144 e. The van der Waals surface area contributed by atoms with E-state index in [1.54, 1.807) is 0 Å². The van der Waals surface area contributed by atoms with Gasteiger partial charge in [-0.2, -0.15) is 0 Å². The van der Waals surface area contributed by atoms with Crippen LogP contribution < -0.4 is 5.32 Å². The molecular formula is C15H25N5. The van der Waals surface area contributed by atoms with Crippen LogP contribution in [0.5, 0.6) is 0 Å². The Morgan fingerprint density at radius 3 is 3.00 bits per heavy atom. The second-order valence-corrected chi connectivity index (χ2v) is 6.13. The maximum Gasteiger partial charge on any atom is 0.144 e. The van der Waals surface area contributed by atoms with Crippen LogP contribution in [-0.2, 0) is 6.54 Å². The minimum atomic E-state index is 0.589. The Kier molecular flexibility index (Phi) is 3.89. The van der Waals surface area contributed by atoms with E-state index in [2.05, 4.69) is 32.0 Å². The van der Waals surface area contributed by atoms with Crippen LogP contribution in [0.4, 0.5) is 5.82 Å². The van der Waals surface area contributed by atoms with E-state index in [0.717, 1.165) is 36.5 Å². The van der Waals surface area contributed by atoms with E-state index < -0.39 is 0 Å². The van der Waals surface area contributed by atoms with E-state index in [1.165, 1.54) is 25.9 Å². The SMILES string of the molecule is CNc1cc(C)nc(CN2CC3CCCN3CC2C)n1. The number of nitrogens with one attached hydrogen (secondary N) is 1. The lowest BCUT2D eigenvalue weighted by Gasteiger charge is -2.42. The van der Waals surface area contributed by atoms with Crippen LogP contribution in [0.25, 0.3) is 0 Å². The largest absolute Gasteiger partial charge is 0.373 e. The summed E-state index contributed by atoms with van der Waals surface area (Å²) < 4.78 is 0. The molecule has 1 aromatic rings. The molecule has 1 N–H and O–H groups in total. The second kappa shape index (κ2) is 5.66. The quantitative estimate of drug-likeness (QED) is 0.905. The third-order valence-electron chi connectivity index (χ3n) is 4.57. The molecule has 2 aliphatic rings. The second-order valence-electron chi connectivity index (χ2n) is 6.13. The molecule has 2 unspecified atom stereocenters. The molecule has 2 saturated heterocycles. The van der Waals surface area contributed by atoms with Gasteiger partial charge in [-0.1, -0.05) is 0 Å². The lowest BCUT2D eigenvalue weighted by Crippen LogP contribution is -2.54. The van der Waals surface area contributed by atoms with E-state index in [1.807, 2.05) is 20.0 Å². The monoisotopic (exact) mass is 275 g/mol. The molecule has 0 aromatic carbocycles. The number of fused-ring (bicyclic) bond motifs is 1. The predicted octanol–water partition coefficient (Wildman–Crippen LogP) is 1.50. The van der Waals surface area contributed by atoms with Gasteiger partial charge in [0, 0.05) is 44.0 Å². The zero-order chi connectivity index (χ0) is 14.1. The van der Waals surface area contributed by atoms with Crippen LogP contribution in [0, 0.1) is 6.92 Å². The fourth-order valence-corrected chi connectivity index (χ4v) is 3.48. The Balaban J connectivity index is 1.72. The first kappa shape index (κ1) is 13.8. The van der Waals surface area contributed by atoms with Crippen molar-refractivity contribution in [3.63, 3.8) is 0 Å². The molecule has 5 nitrogen and oxygen atoms in total. The Labute approximate surface area is 121 Å². The van der Waals surface area contributed by atoms with Crippen LogP contribution in [-0.4, -0.2) is 58.5 Å². The molecule has 0 bridgehead atoms. The number of hydrogen-bond donors (Lipinski definition) is 1. The van der Waals surface area contributed by atoms with Gasteiger partial charge in [0.2, 0.25) is 0 Å². The topological polar surface area (TPSA) is 44.3 Å². The number of rotatable bonds is 3. The maximum absolute atomic E-state index is 4.59. The molecule has 0 saturated carbocycles. The highest BCUT2D eigenvalue weighted by Gasteiger charge is 2.34. The van der Waals surface area contributed by atoms with Crippen molar-refractivity contribution in [3.05, 3.63) is 17.6 Å². The summed E-state index contributed by atoms with van der Waals surface area (Å²) in [4.78, 5) is 14.4. The van der Waals surface area contributed by atoms with Crippen LogP contribution >= 0.6 is 0 Å². The van der Waals surface area contributed by atoms with E-state index in [-0.39, 0.29) is 0 Å². The fourth-order valence-electron chi connectivity index (χ4n) is 3.48. The van der Waals surface area contributed by atoms with Crippen molar-refractivity contribution >= 4 is 5.82 Å². The van der Waals surface area contributed by atoms with Crippen LogP contribution in [0.15, 0.2) is 6.07 Å². The summed E-state index contributed by atoms with van der Waals surface area (Å²) in [6, 6.07) is 3.33. The zero-order valence-corrected chi connectivity index (χ0v) is 12.8. The Hall–Kier alpha value is -1.20. The minimum absolute atomic E-state index is 0.589. The normalized spacial score (nSPS) is 27.6. The van der Waals surface area contributed by atoms with E-state index >= 15 is 0 Å². The van der Waals surface area contributed by atoms with E-state index in [9.17, 15) is 0 Å². The van der Waals surface area contributed by atoms with Crippen molar-refractivity contribution in [1.29, 1.82) is 0 Å². The van der Waals surface area contributed by atoms with Gasteiger partial charge >= 0.3 is 0 Å². The van der Waals surface area contributed by atoms with Gasteiger partial charge in [0.15, 0.2) is 0 Å². The Bertz CT molecular complexity index is 475. The molecule has 1 aromatic heterocycles. The lowest BCUT2D eigenvalue weighted by molar-refractivity contribution is 0.0522. The van der Waals surface area contributed by atoms with Gasteiger partial charge in [0.25, 0.3) is 0 Å². The zero-order valence-electron chi connectivity index (χ0n) is 12.8. The summed E-state index contributed by atoms with van der Waals surface area (Å²) in [6.45, 7) is 8.85. The average Bonchev–Trinajstić information content (AvgIpc) is 2.85. The number of nitrogens with zero attached hydrogens (tertiary/aromatic N) is 4. The molecule has 2 fully saturated rings. The number of hydrogen-bond acceptors (Lipinski definition) is 5. The molecule has 0 amide bonds. The molecule has 5 heteroatoms. The molecule has 0 radical (unpaired) electrons. The number of aromatic nitrogens is 2. The molecule has 3 heterocycles. The number of anilines is 1. The summed E-state index contributed by atoms with van der Waals surface area (Å²) >= 11 is 0. The summed E-state index contributed by atoms with van der Waals surface area (Å²) in [5.74, 6) is 1.85. The highest BCUT2D eigenvalue weighted by molar-refractivity contribution is 5.34. The van der Waals surface area contributed by atoms with Gasteiger partial charge in [0.1, 0.15) is 11.6 Å². The van der Waals surface area contributed by atoms with Crippen LogP contribution in [0.3, 0.4) is 0 Å². The highest BCUT2D eigenvalue weighted by atomic mass is 15.3. The van der Waals surface area contributed by atoms with Crippen molar-refractivity contribution in [2.24, 2.45) is 0 Å².